The smallest absolute Gasteiger partial charge is 0.205 e. The number of nitriles is 1. The Morgan fingerprint density at radius 3 is 2.78 bits per heavy atom. The molecule has 1 fully saturated rings. The maximum absolute atomic E-state index is 13.1. The summed E-state index contributed by atoms with van der Waals surface area (Å²) in [4.78, 5) is 0. The summed E-state index contributed by atoms with van der Waals surface area (Å²) in [5, 5.41) is 27.4. The third kappa shape index (κ3) is 3.75. The molecule has 0 aliphatic heterocycles. The molecule has 0 bridgehead atoms. The van der Waals surface area contributed by atoms with Crippen molar-refractivity contribution in [1.29, 1.82) is 5.26 Å². The first-order valence-electron chi connectivity index (χ1n) is 8.76. The van der Waals surface area contributed by atoms with E-state index in [1.165, 1.54) is 29.7 Å². The van der Waals surface area contributed by atoms with E-state index >= 15 is 0 Å². The number of hydrogen-bond acceptors (Lipinski definition) is 7. The number of nitrogens with two attached hydrogens (primary N) is 1. The molecule has 2 aromatic heterocycles. The summed E-state index contributed by atoms with van der Waals surface area (Å²) in [6.45, 7) is 0.702. The van der Waals surface area contributed by atoms with Gasteiger partial charge in [-0.2, -0.15) is 10.4 Å². The summed E-state index contributed by atoms with van der Waals surface area (Å²) in [5.74, 6) is 0.540. The summed E-state index contributed by atoms with van der Waals surface area (Å²) in [6.07, 6.45) is 3.79. The Morgan fingerprint density at radius 1 is 1.30 bits per heavy atom. The third-order valence-electron chi connectivity index (χ3n) is 4.41. The molecule has 0 unspecified atom stereocenters. The molecule has 3 N–H and O–H groups in total. The number of nitrogens with one attached hydrogen (secondary N) is 1. The van der Waals surface area contributed by atoms with Crippen molar-refractivity contribution in [2.45, 2.75) is 31.6 Å². The van der Waals surface area contributed by atoms with Gasteiger partial charge in [-0.05, 0) is 49.9 Å². The summed E-state index contributed by atoms with van der Waals surface area (Å²) < 4.78 is 14.6. The van der Waals surface area contributed by atoms with Crippen molar-refractivity contribution in [1.82, 2.24) is 20.0 Å². The highest BCUT2D eigenvalue weighted by atomic mass is 32.1. The number of nitrogen functional groups attached to an aromatic ring is 1. The highest BCUT2D eigenvalue weighted by Gasteiger charge is 2.27. The van der Waals surface area contributed by atoms with Crippen LogP contribution in [0.3, 0.4) is 0 Å². The van der Waals surface area contributed by atoms with E-state index in [1.807, 2.05) is 0 Å². The van der Waals surface area contributed by atoms with Crippen LogP contribution in [0, 0.1) is 17.1 Å². The average Bonchev–Trinajstić information content (AvgIpc) is 3.33. The first-order valence-corrected chi connectivity index (χ1v) is 9.58. The summed E-state index contributed by atoms with van der Waals surface area (Å²) in [6, 6.07) is 7.96. The Hall–Kier alpha value is -2.99. The zero-order chi connectivity index (χ0) is 18.8. The van der Waals surface area contributed by atoms with E-state index in [9.17, 15) is 9.65 Å². The van der Waals surface area contributed by atoms with Gasteiger partial charge in [-0.3, -0.25) is 0 Å². The van der Waals surface area contributed by atoms with Gasteiger partial charge in [0.1, 0.15) is 28.3 Å². The van der Waals surface area contributed by atoms with Crippen LogP contribution in [0.2, 0.25) is 0 Å². The van der Waals surface area contributed by atoms with Crippen LogP contribution in [0.25, 0.3) is 5.69 Å². The first kappa shape index (κ1) is 17.4. The van der Waals surface area contributed by atoms with E-state index in [0.717, 1.165) is 16.6 Å². The van der Waals surface area contributed by atoms with Crippen molar-refractivity contribution in [3.8, 4) is 11.8 Å². The van der Waals surface area contributed by atoms with Crippen LogP contribution in [0.15, 0.2) is 24.3 Å². The van der Waals surface area contributed by atoms with Crippen LogP contribution in [0.1, 0.15) is 41.4 Å². The second-order valence-corrected chi connectivity index (χ2v) is 7.47. The quantitative estimate of drug-likeness (QED) is 0.607. The zero-order valence-corrected chi connectivity index (χ0v) is 15.3. The van der Waals surface area contributed by atoms with Crippen molar-refractivity contribution in [2.75, 3.05) is 17.6 Å². The average molecular weight is 383 g/mol. The van der Waals surface area contributed by atoms with Crippen LogP contribution in [0.5, 0.6) is 0 Å². The predicted octanol–water partition coefficient (Wildman–Crippen LogP) is 3.24. The van der Waals surface area contributed by atoms with Crippen LogP contribution in [-0.2, 0) is 6.42 Å². The molecule has 7 nitrogen and oxygen atoms in total. The Balaban J connectivity index is 1.39. The second kappa shape index (κ2) is 7.32. The second-order valence-electron chi connectivity index (χ2n) is 6.46. The molecule has 0 spiro atoms. The topological polar surface area (TPSA) is 105 Å². The number of rotatable bonds is 7. The molecule has 138 valence electrons. The van der Waals surface area contributed by atoms with E-state index in [1.54, 1.807) is 23.5 Å². The fourth-order valence-corrected chi connectivity index (χ4v) is 3.74. The molecule has 0 radical (unpaired) electrons. The fraction of sp³-hybridized carbons (Fsp3) is 0.333. The van der Waals surface area contributed by atoms with Crippen molar-refractivity contribution in [2.24, 2.45) is 0 Å². The molecule has 0 atom stereocenters. The number of nitrogens with zero attached hydrogens (tertiary/aromatic N) is 5. The number of aryl methyl sites for hydroxylation is 1. The van der Waals surface area contributed by atoms with Gasteiger partial charge in [0.25, 0.3) is 0 Å². The van der Waals surface area contributed by atoms with Crippen LogP contribution < -0.4 is 11.1 Å². The highest BCUT2D eigenvalue weighted by molar-refractivity contribution is 7.15. The monoisotopic (exact) mass is 383 g/mol. The molecule has 27 heavy (non-hydrogen) atoms. The summed E-state index contributed by atoms with van der Waals surface area (Å²) in [5.41, 5.74) is 7.69. The van der Waals surface area contributed by atoms with E-state index in [-0.39, 0.29) is 11.6 Å². The predicted molar refractivity (Wildman–Crippen MR) is 101 cm³/mol. The molecule has 1 aliphatic rings. The van der Waals surface area contributed by atoms with Gasteiger partial charge in [-0.1, -0.05) is 11.3 Å². The first-order chi connectivity index (χ1) is 13.2. The molecule has 4 rings (SSSR count). The van der Waals surface area contributed by atoms with Gasteiger partial charge in [0.05, 0.1) is 11.4 Å². The van der Waals surface area contributed by atoms with Gasteiger partial charge in [0.15, 0.2) is 0 Å². The molecule has 1 aromatic carbocycles. The molecular weight excluding hydrogens is 365 g/mol. The fourth-order valence-electron chi connectivity index (χ4n) is 2.81. The largest absolute Gasteiger partial charge is 0.382 e. The number of halogens is 1. The molecule has 1 aliphatic carbocycles. The van der Waals surface area contributed by atoms with E-state index in [4.69, 9.17) is 5.73 Å². The SMILES string of the molecule is N#Cc1c(CCCNc2nnc(C3CC3)s2)nn(-c2ccc(F)cc2)c1N. The Bertz CT molecular complexity index is 982. The van der Waals surface area contributed by atoms with Crippen LogP contribution in [-0.4, -0.2) is 26.5 Å². The standard InChI is InChI=1S/C18H18FN7S/c19-12-5-7-13(8-6-12)26-16(21)14(10-20)15(25-26)2-1-9-22-18-24-23-17(27-18)11-3-4-11/h5-8,11H,1-4,9,21H2,(H,22,24). The van der Waals surface area contributed by atoms with Crippen molar-refractivity contribution < 1.29 is 4.39 Å². The van der Waals surface area contributed by atoms with Gasteiger partial charge >= 0.3 is 0 Å². The van der Waals surface area contributed by atoms with Crippen molar-refractivity contribution in [3.63, 3.8) is 0 Å². The van der Waals surface area contributed by atoms with E-state index in [2.05, 4.69) is 26.7 Å². The number of aromatic nitrogens is 4. The molecule has 9 heteroatoms. The molecule has 2 heterocycles. The minimum Gasteiger partial charge on any atom is -0.382 e. The normalized spacial score (nSPS) is 13.5. The van der Waals surface area contributed by atoms with Gasteiger partial charge in [-0.15, -0.1) is 10.2 Å². The Kier molecular flexibility index (Phi) is 4.73. The minimum atomic E-state index is -0.335. The molecule has 3 aromatic rings. The van der Waals surface area contributed by atoms with Crippen molar-refractivity contribution >= 4 is 22.3 Å². The van der Waals surface area contributed by atoms with Gasteiger partial charge in [0.2, 0.25) is 5.13 Å². The maximum Gasteiger partial charge on any atom is 0.205 e. The Morgan fingerprint density at radius 2 is 2.07 bits per heavy atom. The van der Waals surface area contributed by atoms with Crippen molar-refractivity contribution in [3.05, 3.63) is 46.3 Å². The molecule has 0 amide bonds. The lowest BCUT2D eigenvalue weighted by Crippen LogP contribution is -2.04. The zero-order valence-electron chi connectivity index (χ0n) is 14.5. The lowest BCUT2D eigenvalue weighted by Gasteiger charge is -2.03. The Labute approximate surface area is 159 Å². The van der Waals surface area contributed by atoms with E-state index in [0.29, 0.717) is 35.8 Å². The van der Waals surface area contributed by atoms with E-state index < -0.39 is 0 Å². The summed E-state index contributed by atoms with van der Waals surface area (Å²) >= 11 is 1.61. The number of anilines is 2. The van der Waals surface area contributed by atoms with Crippen LogP contribution >= 0.6 is 11.3 Å². The minimum absolute atomic E-state index is 0.269. The number of benzene rings is 1. The maximum atomic E-state index is 13.1. The summed E-state index contributed by atoms with van der Waals surface area (Å²) in [7, 11) is 0. The molecule has 1 saturated carbocycles. The van der Waals surface area contributed by atoms with Crippen LogP contribution in [0.4, 0.5) is 15.3 Å². The lowest BCUT2D eigenvalue weighted by molar-refractivity contribution is 0.627. The lowest BCUT2D eigenvalue weighted by atomic mass is 10.1. The molecular formula is C18H18FN7S. The molecule has 0 saturated heterocycles. The van der Waals surface area contributed by atoms with Gasteiger partial charge in [-0.25, -0.2) is 9.07 Å². The number of hydrogen-bond donors (Lipinski definition) is 2. The van der Waals surface area contributed by atoms with Gasteiger partial charge in [0, 0.05) is 12.5 Å². The third-order valence-corrected chi connectivity index (χ3v) is 5.45. The highest BCUT2D eigenvalue weighted by Crippen LogP contribution is 2.42. The van der Waals surface area contributed by atoms with Gasteiger partial charge < -0.3 is 11.1 Å².